The van der Waals surface area contributed by atoms with Crippen LogP contribution in [0.15, 0.2) is 97.1 Å². The highest BCUT2D eigenvalue weighted by atomic mass is 35.5. The van der Waals surface area contributed by atoms with E-state index in [-0.39, 0.29) is 12.3 Å². The highest BCUT2D eigenvalue weighted by Gasteiger charge is 2.24. The van der Waals surface area contributed by atoms with Gasteiger partial charge in [-0.15, -0.1) is 0 Å². The summed E-state index contributed by atoms with van der Waals surface area (Å²) in [6.45, 7) is 2.43. The smallest absolute Gasteiger partial charge is 0.305 e. The van der Waals surface area contributed by atoms with Crippen molar-refractivity contribution < 1.29 is 24.2 Å². The number of carbonyl (C=O) groups excluding carboxylic acids is 1. The van der Waals surface area contributed by atoms with Crippen molar-refractivity contribution in [1.82, 2.24) is 5.32 Å². The number of carboxylic acid groups (broad SMARTS) is 1. The number of ether oxygens (including phenoxy) is 2. The predicted octanol–water partition coefficient (Wildman–Crippen LogP) is 6.58. The molecule has 5 rings (SSSR count). The molecule has 1 saturated heterocycles. The van der Waals surface area contributed by atoms with E-state index in [0.717, 1.165) is 22.6 Å². The summed E-state index contributed by atoms with van der Waals surface area (Å²) in [6, 6.07) is 29.2. The van der Waals surface area contributed by atoms with Crippen molar-refractivity contribution in [3.05, 3.63) is 113 Å². The van der Waals surface area contributed by atoms with Gasteiger partial charge in [0, 0.05) is 29.4 Å². The van der Waals surface area contributed by atoms with Gasteiger partial charge >= 0.3 is 5.97 Å². The lowest BCUT2D eigenvalue weighted by Gasteiger charge is -2.30. The first-order valence-corrected chi connectivity index (χ1v) is 13.4. The molecule has 40 heavy (non-hydrogen) atoms. The van der Waals surface area contributed by atoms with Gasteiger partial charge in [-0.1, -0.05) is 72.3 Å². The number of aliphatic carboxylic acids is 1. The summed E-state index contributed by atoms with van der Waals surface area (Å²) in [5.41, 5.74) is 3.61. The van der Waals surface area contributed by atoms with Crippen LogP contribution >= 0.6 is 11.6 Å². The van der Waals surface area contributed by atoms with Crippen LogP contribution in [0.3, 0.4) is 0 Å². The van der Waals surface area contributed by atoms with Gasteiger partial charge in [0.1, 0.15) is 11.5 Å². The zero-order valence-corrected chi connectivity index (χ0v) is 22.5. The van der Waals surface area contributed by atoms with Gasteiger partial charge in [-0.2, -0.15) is 0 Å². The van der Waals surface area contributed by atoms with E-state index >= 15 is 0 Å². The molecule has 0 saturated carbocycles. The highest BCUT2D eigenvalue weighted by Crippen LogP contribution is 2.34. The molecular weight excluding hydrogens is 528 g/mol. The Kier molecular flexibility index (Phi) is 8.64. The fraction of sp³-hybridized carbons (Fsp3) is 0.188. The van der Waals surface area contributed by atoms with Gasteiger partial charge in [0.25, 0.3) is 5.91 Å². The second-order valence-corrected chi connectivity index (χ2v) is 9.85. The van der Waals surface area contributed by atoms with Crippen LogP contribution in [0, 0.1) is 0 Å². The number of rotatable bonds is 9. The van der Waals surface area contributed by atoms with Crippen LogP contribution in [0.1, 0.15) is 28.4 Å². The van der Waals surface area contributed by atoms with Crippen LogP contribution in [-0.2, 0) is 9.53 Å². The van der Waals surface area contributed by atoms with Gasteiger partial charge in [0.15, 0.2) is 0 Å². The standard InChI is InChI=1S/C32H29ClN2O5/c33-24-14-15-29(35-16-18-39-19-17-35)27(20-24)32(38)34-28(21-31(36)37)23-12-10-22(11-13-23)26-8-4-5-9-30(26)40-25-6-2-1-3-7-25/h1-15,20,28H,16-19,21H2,(H,34,38)(H,36,37). The number of nitrogens with one attached hydrogen (secondary N) is 1. The Hall–Kier alpha value is -4.33. The topological polar surface area (TPSA) is 88.1 Å². The first-order chi connectivity index (χ1) is 19.5. The van der Waals surface area contributed by atoms with Crippen LogP contribution in [-0.4, -0.2) is 43.3 Å². The molecule has 4 aromatic carbocycles. The number of carbonyl (C=O) groups is 2. The van der Waals surface area contributed by atoms with E-state index in [1.54, 1.807) is 12.1 Å². The summed E-state index contributed by atoms with van der Waals surface area (Å²) >= 11 is 6.25. The minimum Gasteiger partial charge on any atom is -0.481 e. The summed E-state index contributed by atoms with van der Waals surface area (Å²) in [6.07, 6.45) is -0.272. The second kappa shape index (κ2) is 12.7. The minimum atomic E-state index is -1.02. The van der Waals surface area contributed by atoms with Crippen molar-refractivity contribution in [3.8, 4) is 22.6 Å². The third-order valence-electron chi connectivity index (χ3n) is 6.72. The first kappa shape index (κ1) is 27.2. The van der Waals surface area contributed by atoms with Crippen molar-refractivity contribution in [2.24, 2.45) is 0 Å². The summed E-state index contributed by atoms with van der Waals surface area (Å²) in [5.74, 6) is 0.0260. The van der Waals surface area contributed by atoms with Gasteiger partial charge in [-0.05, 0) is 47.5 Å². The maximum Gasteiger partial charge on any atom is 0.305 e. The Morgan fingerprint density at radius 1 is 0.925 bits per heavy atom. The molecule has 204 valence electrons. The molecule has 0 radical (unpaired) electrons. The van der Waals surface area contributed by atoms with Gasteiger partial charge in [-0.25, -0.2) is 0 Å². The molecule has 2 N–H and O–H groups in total. The van der Waals surface area contributed by atoms with E-state index in [4.69, 9.17) is 21.1 Å². The third-order valence-corrected chi connectivity index (χ3v) is 6.96. The number of carboxylic acids is 1. The molecule has 1 unspecified atom stereocenters. The van der Waals surface area contributed by atoms with Crippen molar-refractivity contribution in [1.29, 1.82) is 0 Å². The molecule has 8 heteroatoms. The van der Waals surface area contributed by atoms with Crippen molar-refractivity contribution in [3.63, 3.8) is 0 Å². The number of para-hydroxylation sites is 2. The predicted molar refractivity (Wildman–Crippen MR) is 155 cm³/mol. The van der Waals surface area contributed by atoms with Crippen molar-refractivity contribution in [2.45, 2.75) is 12.5 Å². The van der Waals surface area contributed by atoms with Gasteiger partial charge < -0.3 is 24.8 Å². The monoisotopic (exact) mass is 556 g/mol. The van der Waals surface area contributed by atoms with E-state index in [1.165, 1.54) is 0 Å². The summed E-state index contributed by atoms with van der Waals surface area (Å²) in [7, 11) is 0. The van der Waals surface area contributed by atoms with Crippen LogP contribution in [0.4, 0.5) is 5.69 Å². The molecule has 1 amide bonds. The number of amides is 1. The van der Waals surface area contributed by atoms with Crippen LogP contribution in [0.2, 0.25) is 5.02 Å². The summed E-state index contributed by atoms with van der Waals surface area (Å²) in [4.78, 5) is 27.3. The number of benzene rings is 4. The lowest BCUT2D eigenvalue weighted by atomic mass is 9.98. The lowest BCUT2D eigenvalue weighted by Crippen LogP contribution is -2.38. The molecule has 1 aliphatic heterocycles. The molecule has 1 aliphatic rings. The molecule has 1 heterocycles. The van der Waals surface area contributed by atoms with Crippen LogP contribution in [0.5, 0.6) is 11.5 Å². The summed E-state index contributed by atoms with van der Waals surface area (Å²) < 4.78 is 11.6. The number of nitrogens with zero attached hydrogens (tertiary/aromatic N) is 1. The maximum absolute atomic E-state index is 13.5. The Labute approximate surface area is 237 Å². The number of anilines is 1. The molecule has 4 aromatic rings. The molecular formula is C32H29ClN2O5. The average Bonchev–Trinajstić information content (AvgIpc) is 2.98. The zero-order chi connectivity index (χ0) is 27.9. The van der Waals surface area contributed by atoms with Crippen LogP contribution < -0.4 is 15.0 Å². The van der Waals surface area contributed by atoms with Crippen molar-refractivity contribution in [2.75, 3.05) is 31.2 Å². The molecule has 0 aromatic heterocycles. The van der Waals surface area contributed by atoms with Gasteiger partial charge in [0.2, 0.25) is 0 Å². The van der Waals surface area contributed by atoms with E-state index in [9.17, 15) is 14.7 Å². The Bertz CT molecular complexity index is 1470. The molecule has 0 spiro atoms. The number of hydrogen-bond donors (Lipinski definition) is 2. The quantitative estimate of drug-likeness (QED) is 0.242. The normalized spacial score (nSPS) is 13.9. The fourth-order valence-electron chi connectivity index (χ4n) is 4.74. The third kappa shape index (κ3) is 6.62. The van der Waals surface area contributed by atoms with E-state index in [0.29, 0.717) is 48.2 Å². The molecule has 1 fully saturated rings. The highest BCUT2D eigenvalue weighted by molar-refractivity contribution is 6.31. The molecule has 1 atom stereocenters. The zero-order valence-electron chi connectivity index (χ0n) is 21.8. The second-order valence-electron chi connectivity index (χ2n) is 9.42. The molecule has 7 nitrogen and oxygen atoms in total. The fourth-order valence-corrected chi connectivity index (χ4v) is 4.91. The molecule has 0 aliphatic carbocycles. The first-order valence-electron chi connectivity index (χ1n) is 13.0. The Morgan fingerprint density at radius 2 is 1.62 bits per heavy atom. The van der Waals surface area contributed by atoms with Crippen LogP contribution in [0.25, 0.3) is 11.1 Å². The SMILES string of the molecule is O=C(O)CC(NC(=O)c1cc(Cl)ccc1N1CCOCC1)c1ccc(-c2ccccc2Oc2ccccc2)cc1. The number of morpholine rings is 1. The Balaban J connectivity index is 1.39. The van der Waals surface area contributed by atoms with Gasteiger partial charge in [0.05, 0.1) is 31.2 Å². The summed E-state index contributed by atoms with van der Waals surface area (Å²) in [5, 5.41) is 13.0. The van der Waals surface area contributed by atoms with E-state index in [2.05, 4.69) is 10.2 Å². The van der Waals surface area contributed by atoms with Crippen molar-refractivity contribution >= 4 is 29.2 Å². The lowest BCUT2D eigenvalue weighted by molar-refractivity contribution is -0.137. The number of hydrogen-bond acceptors (Lipinski definition) is 5. The largest absolute Gasteiger partial charge is 0.481 e. The number of halogens is 1. The minimum absolute atomic E-state index is 0.272. The maximum atomic E-state index is 13.5. The molecule has 0 bridgehead atoms. The van der Waals surface area contributed by atoms with E-state index in [1.807, 2.05) is 84.9 Å². The average molecular weight is 557 g/mol. The van der Waals surface area contributed by atoms with Gasteiger partial charge in [-0.3, -0.25) is 9.59 Å². The Morgan fingerprint density at radius 3 is 2.35 bits per heavy atom. The van der Waals surface area contributed by atoms with E-state index < -0.39 is 12.0 Å².